The fourth-order valence-corrected chi connectivity index (χ4v) is 2.36. The monoisotopic (exact) mass is 250 g/mol. The first kappa shape index (κ1) is 13.1. The van der Waals surface area contributed by atoms with E-state index in [9.17, 15) is 4.79 Å². The Balaban J connectivity index is 1.85. The molecule has 1 aliphatic rings. The molecule has 1 aromatic rings. The molecule has 1 fully saturated rings. The second-order valence-corrected chi connectivity index (χ2v) is 5.39. The molecular formula is C13H22N4O. The van der Waals surface area contributed by atoms with Crippen molar-refractivity contribution in [2.45, 2.75) is 38.6 Å². The van der Waals surface area contributed by atoms with E-state index in [1.165, 1.54) is 25.7 Å². The Morgan fingerprint density at radius 2 is 2.39 bits per heavy atom. The Bertz CT molecular complexity index is 422. The van der Waals surface area contributed by atoms with Crippen molar-refractivity contribution in [3.63, 3.8) is 0 Å². The molecule has 1 amide bonds. The molecule has 0 aliphatic heterocycles. The molecule has 3 N–H and O–H groups in total. The molecule has 100 valence electrons. The van der Waals surface area contributed by atoms with Crippen LogP contribution in [-0.4, -0.2) is 22.2 Å². The van der Waals surface area contributed by atoms with Gasteiger partial charge in [-0.1, -0.05) is 13.3 Å². The van der Waals surface area contributed by atoms with Crippen LogP contribution < -0.4 is 11.1 Å². The maximum Gasteiger partial charge on any atom is 0.241 e. The molecule has 1 aromatic heterocycles. The van der Waals surface area contributed by atoms with Crippen molar-refractivity contribution >= 4 is 5.91 Å². The summed E-state index contributed by atoms with van der Waals surface area (Å²) in [6.45, 7) is 2.94. The lowest BCUT2D eigenvalue weighted by Gasteiger charge is -2.17. The van der Waals surface area contributed by atoms with Gasteiger partial charge in [0.2, 0.25) is 5.91 Å². The second-order valence-electron chi connectivity index (χ2n) is 5.39. The van der Waals surface area contributed by atoms with Crippen LogP contribution in [0.25, 0.3) is 0 Å². The number of aryl methyl sites for hydroxylation is 1. The number of amides is 1. The van der Waals surface area contributed by atoms with E-state index in [0.29, 0.717) is 5.41 Å². The zero-order valence-electron chi connectivity index (χ0n) is 11.1. The zero-order chi connectivity index (χ0) is 13.2. The summed E-state index contributed by atoms with van der Waals surface area (Å²) < 4.78 is 1.65. The van der Waals surface area contributed by atoms with Crippen molar-refractivity contribution in [3.05, 3.63) is 18.0 Å². The summed E-state index contributed by atoms with van der Waals surface area (Å²) in [6, 6.07) is -0.615. The van der Waals surface area contributed by atoms with E-state index >= 15 is 0 Å². The molecule has 1 atom stereocenters. The summed E-state index contributed by atoms with van der Waals surface area (Å²) in [6.07, 6.45) is 8.23. The lowest BCUT2D eigenvalue weighted by Crippen LogP contribution is -2.37. The number of hydrogen-bond donors (Lipinski definition) is 2. The van der Waals surface area contributed by atoms with Crippen LogP contribution >= 0.6 is 0 Å². The molecular weight excluding hydrogens is 228 g/mol. The summed E-state index contributed by atoms with van der Waals surface area (Å²) in [5, 5.41) is 7.00. The Morgan fingerprint density at radius 1 is 1.67 bits per heavy atom. The van der Waals surface area contributed by atoms with Crippen LogP contribution in [0.5, 0.6) is 0 Å². The van der Waals surface area contributed by atoms with E-state index in [0.717, 1.165) is 12.1 Å². The van der Waals surface area contributed by atoms with Gasteiger partial charge in [0.15, 0.2) is 0 Å². The fraction of sp³-hybridized carbons (Fsp3) is 0.692. The molecule has 0 radical (unpaired) electrons. The van der Waals surface area contributed by atoms with Crippen LogP contribution in [0.4, 0.5) is 0 Å². The van der Waals surface area contributed by atoms with Gasteiger partial charge < -0.3 is 11.1 Å². The Labute approximate surface area is 108 Å². The van der Waals surface area contributed by atoms with E-state index in [-0.39, 0.29) is 5.91 Å². The van der Waals surface area contributed by atoms with Gasteiger partial charge in [0.25, 0.3) is 0 Å². The van der Waals surface area contributed by atoms with Gasteiger partial charge in [-0.05, 0) is 24.7 Å². The maximum atomic E-state index is 12.0. The van der Waals surface area contributed by atoms with Crippen LogP contribution in [-0.2, 0) is 11.8 Å². The lowest BCUT2D eigenvalue weighted by atomic mass is 10.0. The van der Waals surface area contributed by atoms with Crippen molar-refractivity contribution in [2.75, 3.05) is 6.54 Å². The zero-order valence-corrected chi connectivity index (χ0v) is 11.1. The summed E-state index contributed by atoms with van der Waals surface area (Å²) in [5.41, 5.74) is 7.03. The third kappa shape index (κ3) is 2.90. The number of nitrogens with two attached hydrogens (primary N) is 1. The predicted molar refractivity (Wildman–Crippen MR) is 69.7 cm³/mol. The van der Waals surface area contributed by atoms with Crippen molar-refractivity contribution in [3.8, 4) is 0 Å². The third-order valence-electron chi connectivity index (χ3n) is 3.74. The fourth-order valence-electron chi connectivity index (χ4n) is 2.36. The Morgan fingerprint density at radius 3 is 2.89 bits per heavy atom. The molecule has 0 bridgehead atoms. The molecule has 0 aromatic carbocycles. The number of nitrogens with zero attached hydrogens (tertiary/aromatic N) is 2. The molecule has 5 heteroatoms. The molecule has 0 saturated heterocycles. The molecule has 1 aliphatic carbocycles. The van der Waals surface area contributed by atoms with Crippen LogP contribution in [0.15, 0.2) is 12.4 Å². The topological polar surface area (TPSA) is 72.9 Å². The highest BCUT2D eigenvalue weighted by molar-refractivity contribution is 5.82. The van der Waals surface area contributed by atoms with Gasteiger partial charge >= 0.3 is 0 Å². The number of nitrogens with one attached hydrogen (secondary N) is 1. The number of carbonyl (C=O) groups is 1. The highest BCUT2D eigenvalue weighted by Gasteiger charge is 2.41. The largest absolute Gasteiger partial charge is 0.354 e. The SMILES string of the molecule is CCCC1(CNC(=O)C(N)c2cnn(C)c2)CC1. The standard InChI is InChI=1S/C13H22N4O/c1-3-4-13(5-6-13)9-15-12(18)11(14)10-7-16-17(2)8-10/h7-8,11H,3-6,9,14H2,1-2H3,(H,15,18). The van der Waals surface area contributed by atoms with Crippen molar-refractivity contribution in [1.82, 2.24) is 15.1 Å². The molecule has 1 saturated carbocycles. The average Bonchev–Trinajstić information content (AvgIpc) is 2.98. The van der Waals surface area contributed by atoms with Crippen LogP contribution in [0, 0.1) is 5.41 Å². The molecule has 18 heavy (non-hydrogen) atoms. The smallest absolute Gasteiger partial charge is 0.241 e. The predicted octanol–water partition coefficient (Wildman–Crippen LogP) is 1.12. The van der Waals surface area contributed by atoms with Gasteiger partial charge in [0, 0.05) is 25.4 Å². The van der Waals surface area contributed by atoms with Gasteiger partial charge in [-0.25, -0.2) is 0 Å². The average molecular weight is 250 g/mol. The Hall–Kier alpha value is -1.36. The van der Waals surface area contributed by atoms with E-state index < -0.39 is 6.04 Å². The molecule has 5 nitrogen and oxygen atoms in total. The van der Waals surface area contributed by atoms with E-state index in [2.05, 4.69) is 17.3 Å². The summed E-state index contributed by atoms with van der Waals surface area (Å²) >= 11 is 0. The summed E-state index contributed by atoms with van der Waals surface area (Å²) in [7, 11) is 1.81. The summed E-state index contributed by atoms with van der Waals surface area (Å²) in [4.78, 5) is 12.0. The van der Waals surface area contributed by atoms with Gasteiger partial charge in [-0.2, -0.15) is 5.10 Å². The van der Waals surface area contributed by atoms with Crippen LogP contribution in [0.3, 0.4) is 0 Å². The third-order valence-corrected chi connectivity index (χ3v) is 3.74. The summed E-state index contributed by atoms with van der Waals surface area (Å²) in [5.74, 6) is -0.106. The highest BCUT2D eigenvalue weighted by Crippen LogP contribution is 2.48. The van der Waals surface area contributed by atoms with Gasteiger partial charge in [0.05, 0.1) is 6.20 Å². The van der Waals surface area contributed by atoms with Crippen LogP contribution in [0.1, 0.15) is 44.2 Å². The molecule has 2 rings (SSSR count). The molecule has 0 spiro atoms. The Kier molecular flexibility index (Phi) is 3.71. The minimum atomic E-state index is -0.615. The first-order valence-electron chi connectivity index (χ1n) is 6.58. The molecule has 1 unspecified atom stereocenters. The molecule has 1 heterocycles. The van der Waals surface area contributed by atoms with Gasteiger partial charge in [-0.15, -0.1) is 0 Å². The van der Waals surface area contributed by atoms with E-state index in [1.54, 1.807) is 17.1 Å². The maximum absolute atomic E-state index is 12.0. The van der Waals surface area contributed by atoms with Gasteiger partial charge in [0.1, 0.15) is 6.04 Å². The lowest BCUT2D eigenvalue weighted by molar-refractivity contribution is -0.122. The second kappa shape index (κ2) is 5.10. The quantitative estimate of drug-likeness (QED) is 0.794. The van der Waals surface area contributed by atoms with Crippen molar-refractivity contribution < 1.29 is 4.79 Å². The van der Waals surface area contributed by atoms with E-state index in [1.807, 2.05) is 7.05 Å². The van der Waals surface area contributed by atoms with E-state index in [4.69, 9.17) is 5.73 Å². The van der Waals surface area contributed by atoms with Gasteiger partial charge in [-0.3, -0.25) is 9.48 Å². The normalized spacial score (nSPS) is 18.4. The highest BCUT2D eigenvalue weighted by atomic mass is 16.2. The number of aromatic nitrogens is 2. The minimum Gasteiger partial charge on any atom is -0.354 e. The number of hydrogen-bond acceptors (Lipinski definition) is 3. The van der Waals surface area contributed by atoms with Crippen molar-refractivity contribution in [1.29, 1.82) is 0 Å². The first-order valence-corrected chi connectivity index (χ1v) is 6.58. The van der Waals surface area contributed by atoms with Crippen molar-refractivity contribution in [2.24, 2.45) is 18.2 Å². The minimum absolute atomic E-state index is 0.106. The number of carbonyl (C=O) groups excluding carboxylic acids is 1. The van der Waals surface area contributed by atoms with Crippen LogP contribution in [0.2, 0.25) is 0 Å². The number of rotatable bonds is 6. The first-order chi connectivity index (χ1) is 8.56.